The third-order valence-corrected chi connectivity index (χ3v) is 6.01. The number of allylic oxidation sites excluding steroid dienone is 2. The molecule has 0 N–H and O–H groups in total. The number of carbonyl (C=O) groups excluding carboxylic acids is 1. The number of likely N-dealkylation sites (N-methyl/N-ethyl adjacent to an activating group) is 1. The molecule has 4 rings (SSSR count). The van der Waals surface area contributed by atoms with E-state index in [-0.39, 0.29) is 23.6 Å². The number of hydrogen-bond acceptors (Lipinski definition) is 3. The van der Waals surface area contributed by atoms with Crippen molar-refractivity contribution in [3.8, 4) is 0 Å². The maximum Gasteiger partial charge on any atom is 0.163 e. The molecular formula is C21H25FN2O. The van der Waals surface area contributed by atoms with Crippen LogP contribution in [0.1, 0.15) is 38.2 Å². The van der Waals surface area contributed by atoms with Crippen molar-refractivity contribution >= 4 is 11.5 Å². The maximum atomic E-state index is 14.8. The first kappa shape index (κ1) is 16.5. The van der Waals surface area contributed by atoms with Crippen LogP contribution in [0.15, 0.2) is 41.5 Å². The Morgan fingerprint density at radius 2 is 2.04 bits per heavy atom. The Bertz CT molecular complexity index is 763. The summed E-state index contributed by atoms with van der Waals surface area (Å²) >= 11 is 0. The van der Waals surface area contributed by atoms with Gasteiger partial charge in [0.25, 0.3) is 0 Å². The van der Waals surface area contributed by atoms with Gasteiger partial charge < -0.3 is 9.80 Å². The van der Waals surface area contributed by atoms with E-state index in [0.29, 0.717) is 6.42 Å². The average molecular weight is 340 g/mol. The van der Waals surface area contributed by atoms with Gasteiger partial charge >= 0.3 is 0 Å². The van der Waals surface area contributed by atoms with Crippen molar-refractivity contribution < 1.29 is 9.18 Å². The van der Waals surface area contributed by atoms with Gasteiger partial charge in [0.1, 0.15) is 5.82 Å². The van der Waals surface area contributed by atoms with E-state index in [1.54, 1.807) is 12.1 Å². The Morgan fingerprint density at radius 3 is 2.80 bits per heavy atom. The molecule has 0 spiro atoms. The second kappa shape index (κ2) is 6.41. The van der Waals surface area contributed by atoms with E-state index in [4.69, 9.17) is 0 Å². The number of rotatable bonds is 5. The molecule has 1 aromatic rings. The lowest BCUT2D eigenvalue weighted by Gasteiger charge is -2.32. The lowest BCUT2D eigenvalue weighted by atomic mass is 9.81. The van der Waals surface area contributed by atoms with Crippen LogP contribution in [0.3, 0.4) is 0 Å². The lowest BCUT2D eigenvalue weighted by molar-refractivity contribution is -0.114. The van der Waals surface area contributed by atoms with Crippen molar-refractivity contribution in [2.45, 2.75) is 38.6 Å². The number of ketones is 1. The van der Waals surface area contributed by atoms with Gasteiger partial charge in [-0.25, -0.2) is 4.39 Å². The smallest absolute Gasteiger partial charge is 0.163 e. The molecule has 4 heteroatoms. The van der Waals surface area contributed by atoms with Gasteiger partial charge in [-0.2, -0.15) is 0 Å². The number of fused-ring (bicyclic) bond motifs is 4. The van der Waals surface area contributed by atoms with E-state index < -0.39 is 0 Å². The molecule has 25 heavy (non-hydrogen) atoms. The van der Waals surface area contributed by atoms with E-state index in [2.05, 4.69) is 29.7 Å². The summed E-state index contributed by atoms with van der Waals surface area (Å²) in [4.78, 5) is 16.9. The minimum Gasteiger partial charge on any atom is -0.363 e. The van der Waals surface area contributed by atoms with Crippen LogP contribution in [0.25, 0.3) is 0 Å². The van der Waals surface area contributed by atoms with Gasteiger partial charge in [0, 0.05) is 42.3 Å². The summed E-state index contributed by atoms with van der Waals surface area (Å²) in [5, 5.41) is 0. The van der Waals surface area contributed by atoms with E-state index in [1.807, 2.05) is 12.1 Å². The number of nitrogens with zero attached hydrogens (tertiary/aromatic N) is 2. The van der Waals surface area contributed by atoms with Crippen LogP contribution in [0.5, 0.6) is 0 Å². The van der Waals surface area contributed by atoms with Crippen LogP contribution in [0.4, 0.5) is 10.1 Å². The topological polar surface area (TPSA) is 23.6 Å². The van der Waals surface area contributed by atoms with E-state index >= 15 is 0 Å². The first-order chi connectivity index (χ1) is 12.2. The highest BCUT2D eigenvalue weighted by atomic mass is 19.1. The number of anilines is 1. The molecule has 0 radical (unpaired) electrons. The normalized spacial score (nSPS) is 24.2. The van der Waals surface area contributed by atoms with Crippen LogP contribution < -0.4 is 4.90 Å². The summed E-state index contributed by atoms with van der Waals surface area (Å²) in [6.07, 6.45) is 5.45. The van der Waals surface area contributed by atoms with Gasteiger partial charge in [0.15, 0.2) is 5.78 Å². The first-order valence-corrected chi connectivity index (χ1v) is 9.37. The molecule has 3 nitrogen and oxygen atoms in total. The Kier molecular flexibility index (Phi) is 4.24. The fraction of sp³-hybridized carbons (Fsp3) is 0.476. The minimum atomic E-state index is -0.140. The summed E-state index contributed by atoms with van der Waals surface area (Å²) < 4.78 is 14.8. The zero-order valence-corrected chi connectivity index (χ0v) is 15.0. The molecule has 0 aromatic heterocycles. The van der Waals surface area contributed by atoms with Crippen molar-refractivity contribution in [3.05, 3.63) is 52.9 Å². The third kappa shape index (κ3) is 2.54. The quantitative estimate of drug-likeness (QED) is 0.817. The predicted molar refractivity (Wildman–Crippen MR) is 98.5 cm³/mol. The molecule has 1 heterocycles. The molecule has 0 bridgehead atoms. The molecule has 1 aromatic carbocycles. The van der Waals surface area contributed by atoms with Crippen molar-refractivity contribution in [3.63, 3.8) is 0 Å². The number of hydrogen-bond donors (Lipinski definition) is 0. The summed E-state index contributed by atoms with van der Waals surface area (Å²) in [7, 11) is 0. The summed E-state index contributed by atoms with van der Waals surface area (Å²) in [6.45, 7) is 8.23. The van der Waals surface area contributed by atoms with Crippen LogP contribution in [-0.2, 0) is 4.79 Å². The molecule has 0 amide bonds. The molecule has 0 fully saturated rings. The van der Waals surface area contributed by atoms with Crippen LogP contribution in [0, 0.1) is 5.82 Å². The van der Waals surface area contributed by atoms with Gasteiger partial charge in [-0.1, -0.05) is 32.1 Å². The van der Waals surface area contributed by atoms with E-state index in [1.165, 1.54) is 0 Å². The molecule has 2 unspecified atom stereocenters. The highest BCUT2D eigenvalue weighted by molar-refractivity contribution is 6.02. The van der Waals surface area contributed by atoms with Gasteiger partial charge in [-0.05, 0) is 37.2 Å². The molecule has 1 aliphatic heterocycles. The zero-order valence-electron chi connectivity index (χ0n) is 15.0. The fourth-order valence-electron chi connectivity index (χ4n) is 4.66. The summed E-state index contributed by atoms with van der Waals surface area (Å²) in [5.41, 5.74) is 3.77. The summed E-state index contributed by atoms with van der Waals surface area (Å²) in [5.74, 6) is 0.0721. The Hall–Kier alpha value is -1.94. The Balaban J connectivity index is 1.72. The molecular weight excluding hydrogens is 315 g/mol. The van der Waals surface area contributed by atoms with Crippen molar-refractivity contribution in [1.29, 1.82) is 0 Å². The molecule has 2 aliphatic carbocycles. The van der Waals surface area contributed by atoms with Gasteiger partial charge in [0.05, 0.1) is 6.04 Å². The Morgan fingerprint density at radius 1 is 1.24 bits per heavy atom. The predicted octanol–water partition coefficient (Wildman–Crippen LogP) is 3.67. The largest absolute Gasteiger partial charge is 0.363 e. The van der Waals surface area contributed by atoms with Crippen LogP contribution in [-0.4, -0.2) is 42.9 Å². The van der Waals surface area contributed by atoms with E-state index in [9.17, 15) is 9.18 Å². The molecule has 2 atom stereocenters. The van der Waals surface area contributed by atoms with Gasteiger partial charge in [-0.3, -0.25) is 4.79 Å². The summed E-state index contributed by atoms with van der Waals surface area (Å²) in [6, 6.07) is 5.52. The van der Waals surface area contributed by atoms with E-state index in [0.717, 1.165) is 55.0 Å². The first-order valence-electron chi connectivity index (χ1n) is 9.37. The highest BCUT2D eigenvalue weighted by Crippen LogP contribution is 2.51. The van der Waals surface area contributed by atoms with Crippen molar-refractivity contribution in [1.82, 2.24) is 4.90 Å². The standard InChI is InChI=1S/C21H25FN2O/c1-3-23(4-2)12-13-24-17-7-5-6-16(22)21(17)20-15-9-11-19(25)14(15)8-10-18(20)24/h5-8,10,18,20H,3-4,9,11-13H2,1-2H3. The zero-order chi connectivity index (χ0) is 17.6. The SMILES string of the molecule is CCN(CC)CCN1c2cccc(F)c2C2C3=C(C=CC21)C(=O)CC3. The number of carbonyl (C=O) groups is 1. The minimum absolute atomic E-state index is 0.000599. The second-order valence-corrected chi connectivity index (χ2v) is 7.08. The number of benzene rings is 1. The lowest BCUT2D eigenvalue weighted by Crippen LogP contribution is -2.40. The number of Topliss-reactive ketones (excluding diaryl/α,β-unsaturated/α-hetero) is 1. The Labute approximate surface area is 148 Å². The highest BCUT2D eigenvalue weighted by Gasteiger charge is 2.45. The molecule has 0 saturated carbocycles. The van der Waals surface area contributed by atoms with Crippen molar-refractivity contribution in [2.75, 3.05) is 31.1 Å². The van der Waals surface area contributed by atoms with Crippen molar-refractivity contribution in [2.24, 2.45) is 0 Å². The van der Waals surface area contributed by atoms with Gasteiger partial charge in [0.2, 0.25) is 0 Å². The molecule has 132 valence electrons. The monoisotopic (exact) mass is 340 g/mol. The van der Waals surface area contributed by atoms with Crippen LogP contribution >= 0.6 is 0 Å². The number of halogens is 1. The molecule has 0 saturated heterocycles. The third-order valence-electron chi connectivity index (χ3n) is 6.01. The average Bonchev–Trinajstić information content (AvgIpc) is 3.15. The van der Waals surface area contributed by atoms with Crippen LogP contribution in [0.2, 0.25) is 0 Å². The fourth-order valence-corrected chi connectivity index (χ4v) is 4.66. The second-order valence-electron chi connectivity index (χ2n) is 7.08. The molecule has 3 aliphatic rings. The maximum absolute atomic E-state index is 14.8. The van der Waals surface area contributed by atoms with Gasteiger partial charge in [-0.15, -0.1) is 0 Å².